The molecule has 2 aromatic rings. The summed E-state index contributed by atoms with van der Waals surface area (Å²) >= 11 is 9.34. The summed E-state index contributed by atoms with van der Waals surface area (Å²) in [7, 11) is -2.02. The average molecular weight is 432 g/mol. The number of halogens is 2. The predicted molar refractivity (Wildman–Crippen MR) is 98.4 cm³/mol. The van der Waals surface area contributed by atoms with Gasteiger partial charge in [0.05, 0.1) is 16.3 Å². The molecule has 0 heterocycles. The van der Waals surface area contributed by atoms with Crippen LogP contribution >= 0.6 is 27.5 Å². The quantitative estimate of drug-likeness (QED) is 0.738. The van der Waals surface area contributed by atoms with E-state index < -0.39 is 10.0 Å². The van der Waals surface area contributed by atoms with Crippen molar-refractivity contribution in [3.8, 4) is 0 Å². The van der Waals surface area contributed by atoms with Crippen molar-refractivity contribution in [1.29, 1.82) is 0 Å². The zero-order valence-electron chi connectivity index (χ0n) is 12.8. The number of benzene rings is 2. The van der Waals surface area contributed by atoms with E-state index in [0.29, 0.717) is 16.1 Å². The monoisotopic (exact) mass is 430 g/mol. The first-order chi connectivity index (χ1) is 11.3. The molecule has 128 valence electrons. The van der Waals surface area contributed by atoms with Crippen LogP contribution in [0.2, 0.25) is 5.02 Å². The highest BCUT2D eigenvalue weighted by Gasteiger charge is 2.14. The molecule has 8 heteroatoms. The van der Waals surface area contributed by atoms with Gasteiger partial charge in [0.2, 0.25) is 10.0 Å². The summed E-state index contributed by atoms with van der Waals surface area (Å²) in [6.45, 7) is 0.205. The normalized spacial score (nSPS) is 11.3. The Labute approximate surface area is 154 Å². The SMILES string of the molecule is CNS(=O)(=O)Cc1ccccc1CNC(=O)c1cc(Br)ccc1Cl. The Hall–Kier alpha value is -1.41. The molecule has 2 aromatic carbocycles. The zero-order valence-corrected chi connectivity index (χ0v) is 16.0. The maximum Gasteiger partial charge on any atom is 0.253 e. The van der Waals surface area contributed by atoms with Gasteiger partial charge in [0.15, 0.2) is 0 Å². The number of carbonyl (C=O) groups is 1. The van der Waals surface area contributed by atoms with Crippen LogP contribution in [0.15, 0.2) is 46.9 Å². The topological polar surface area (TPSA) is 75.3 Å². The van der Waals surface area contributed by atoms with Gasteiger partial charge in [-0.2, -0.15) is 0 Å². The van der Waals surface area contributed by atoms with Gasteiger partial charge < -0.3 is 5.32 Å². The first-order valence-electron chi connectivity index (χ1n) is 7.03. The van der Waals surface area contributed by atoms with Crippen LogP contribution < -0.4 is 10.0 Å². The molecule has 0 aliphatic rings. The van der Waals surface area contributed by atoms with Gasteiger partial charge in [-0.05, 0) is 36.4 Å². The maximum atomic E-state index is 12.3. The van der Waals surface area contributed by atoms with E-state index in [1.165, 1.54) is 7.05 Å². The Morgan fingerprint density at radius 3 is 2.50 bits per heavy atom. The first-order valence-corrected chi connectivity index (χ1v) is 9.86. The van der Waals surface area contributed by atoms with Crippen LogP contribution in [0.4, 0.5) is 0 Å². The number of nitrogens with one attached hydrogen (secondary N) is 2. The van der Waals surface area contributed by atoms with E-state index >= 15 is 0 Å². The maximum absolute atomic E-state index is 12.3. The van der Waals surface area contributed by atoms with Gasteiger partial charge in [0, 0.05) is 11.0 Å². The summed E-state index contributed by atoms with van der Waals surface area (Å²) in [6, 6.07) is 12.1. The van der Waals surface area contributed by atoms with E-state index in [1.807, 2.05) is 0 Å². The van der Waals surface area contributed by atoms with Gasteiger partial charge in [-0.25, -0.2) is 13.1 Å². The van der Waals surface area contributed by atoms with E-state index in [2.05, 4.69) is 26.0 Å². The van der Waals surface area contributed by atoms with Crippen LogP contribution in [0, 0.1) is 0 Å². The second-order valence-corrected chi connectivity index (χ2v) is 8.29. The second-order valence-electron chi connectivity index (χ2n) is 5.04. The molecule has 0 aromatic heterocycles. The fourth-order valence-electron chi connectivity index (χ4n) is 2.09. The van der Waals surface area contributed by atoms with Crippen LogP contribution in [-0.4, -0.2) is 21.4 Å². The highest BCUT2D eigenvalue weighted by molar-refractivity contribution is 9.10. The molecule has 1 amide bonds. The molecule has 0 fully saturated rings. The summed E-state index contributed by atoms with van der Waals surface area (Å²) in [4.78, 5) is 12.3. The van der Waals surface area contributed by atoms with E-state index in [1.54, 1.807) is 42.5 Å². The first kappa shape index (κ1) is 18.9. The second kappa shape index (κ2) is 8.11. The van der Waals surface area contributed by atoms with Crippen LogP contribution in [0.5, 0.6) is 0 Å². The van der Waals surface area contributed by atoms with E-state index in [9.17, 15) is 13.2 Å². The fourth-order valence-corrected chi connectivity index (χ4v) is 3.49. The molecule has 0 saturated heterocycles. The van der Waals surface area contributed by atoms with E-state index in [4.69, 9.17) is 11.6 Å². The molecular formula is C16H16BrClN2O3S. The molecule has 5 nitrogen and oxygen atoms in total. The summed E-state index contributed by atoms with van der Waals surface area (Å²) in [6.07, 6.45) is 0. The minimum absolute atomic E-state index is 0.146. The van der Waals surface area contributed by atoms with Crippen molar-refractivity contribution in [3.63, 3.8) is 0 Å². The smallest absolute Gasteiger partial charge is 0.253 e. The Kier molecular flexibility index (Phi) is 6.40. The van der Waals surface area contributed by atoms with Crippen LogP contribution in [0.1, 0.15) is 21.5 Å². The molecule has 0 radical (unpaired) electrons. The van der Waals surface area contributed by atoms with Gasteiger partial charge in [-0.15, -0.1) is 0 Å². The lowest BCUT2D eigenvalue weighted by atomic mass is 10.1. The highest BCUT2D eigenvalue weighted by atomic mass is 79.9. The van der Waals surface area contributed by atoms with E-state index in [-0.39, 0.29) is 18.2 Å². The van der Waals surface area contributed by atoms with Gasteiger partial charge in [-0.3, -0.25) is 4.79 Å². The lowest BCUT2D eigenvalue weighted by Crippen LogP contribution is -2.25. The minimum Gasteiger partial charge on any atom is -0.348 e. The summed E-state index contributed by atoms with van der Waals surface area (Å²) in [5.74, 6) is -0.472. The largest absolute Gasteiger partial charge is 0.348 e. The van der Waals surface area contributed by atoms with Crippen molar-refractivity contribution in [3.05, 3.63) is 68.7 Å². The number of sulfonamides is 1. The molecule has 0 unspecified atom stereocenters. The fraction of sp³-hybridized carbons (Fsp3) is 0.188. The third kappa shape index (κ3) is 5.04. The Bertz CT molecular complexity index is 856. The van der Waals surface area contributed by atoms with Crippen LogP contribution in [-0.2, 0) is 22.3 Å². The summed E-state index contributed by atoms with van der Waals surface area (Å²) in [5.41, 5.74) is 1.72. The number of rotatable bonds is 6. The number of carbonyl (C=O) groups excluding carboxylic acids is 1. The molecule has 0 atom stereocenters. The lowest BCUT2D eigenvalue weighted by molar-refractivity contribution is 0.0951. The summed E-state index contributed by atoms with van der Waals surface area (Å²) < 4.78 is 26.5. The number of hydrogen-bond donors (Lipinski definition) is 2. The van der Waals surface area contributed by atoms with Crippen molar-refractivity contribution in [2.75, 3.05) is 7.05 Å². The third-order valence-electron chi connectivity index (χ3n) is 3.39. The Morgan fingerprint density at radius 2 is 1.83 bits per heavy atom. The van der Waals surface area contributed by atoms with Crippen molar-refractivity contribution in [2.24, 2.45) is 0 Å². The molecule has 2 rings (SSSR count). The van der Waals surface area contributed by atoms with Crippen molar-refractivity contribution >= 4 is 43.5 Å². The van der Waals surface area contributed by atoms with Crippen LogP contribution in [0.3, 0.4) is 0 Å². The van der Waals surface area contributed by atoms with Gasteiger partial charge in [0.25, 0.3) is 5.91 Å². The third-order valence-corrected chi connectivity index (χ3v) is 5.52. The standard InChI is InChI=1S/C16H16BrClN2O3S/c1-19-24(22,23)10-12-5-3-2-4-11(12)9-20-16(21)14-8-13(17)6-7-15(14)18/h2-8,19H,9-10H2,1H3,(H,20,21). The van der Waals surface area contributed by atoms with E-state index in [0.717, 1.165) is 10.0 Å². The molecule has 0 aliphatic heterocycles. The molecular weight excluding hydrogens is 416 g/mol. The average Bonchev–Trinajstić information content (AvgIpc) is 2.55. The van der Waals surface area contributed by atoms with Gasteiger partial charge >= 0.3 is 0 Å². The van der Waals surface area contributed by atoms with Crippen molar-refractivity contribution < 1.29 is 13.2 Å². The Morgan fingerprint density at radius 1 is 1.17 bits per heavy atom. The minimum atomic E-state index is -3.39. The van der Waals surface area contributed by atoms with Gasteiger partial charge in [0.1, 0.15) is 0 Å². The molecule has 0 bridgehead atoms. The number of hydrogen-bond acceptors (Lipinski definition) is 3. The molecule has 24 heavy (non-hydrogen) atoms. The molecule has 0 saturated carbocycles. The van der Waals surface area contributed by atoms with Crippen molar-refractivity contribution in [1.82, 2.24) is 10.0 Å². The summed E-state index contributed by atoms with van der Waals surface area (Å²) in [5, 5.41) is 3.12. The molecule has 0 aliphatic carbocycles. The molecule has 0 spiro atoms. The lowest BCUT2D eigenvalue weighted by Gasteiger charge is -2.11. The Balaban J connectivity index is 2.15. The van der Waals surface area contributed by atoms with Crippen molar-refractivity contribution in [2.45, 2.75) is 12.3 Å². The number of amides is 1. The highest BCUT2D eigenvalue weighted by Crippen LogP contribution is 2.21. The zero-order chi connectivity index (χ0) is 17.7. The molecule has 2 N–H and O–H groups in total. The van der Waals surface area contributed by atoms with Crippen LogP contribution in [0.25, 0.3) is 0 Å². The predicted octanol–water partition coefficient (Wildman–Crippen LogP) is 3.08. The van der Waals surface area contributed by atoms with Gasteiger partial charge in [-0.1, -0.05) is 51.8 Å².